The minimum Gasteiger partial charge on any atom is -0.463 e. The van der Waals surface area contributed by atoms with Crippen LogP contribution in [0.15, 0.2) is 60.1 Å². The fourth-order valence-corrected chi connectivity index (χ4v) is 7.34. The fourth-order valence-electron chi connectivity index (χ4n) is 7.13. The second-order valence-electron chi connectivity index (χ2n) is 15.6. The molecule has 2 aromatic heterocycles. The Morgan fingerprint density at radius 3 is 2.42 bits per heavy atom. The molecule has 2 saturated carbocycles. The third-order valence-electron chi connectivity index (χ3n) is 10.2. The molecule has 1 aliphatic heterocycles. The molecule has 55 heavy (non-hydrogen) atoms. The number of aliphatic imine (C=N–C) groups is 1. The van der Waals surface area contributed by atoms with E-state index in [1.54, 1.807) is 23.1 Å². The molecule has 0 unspecified atom stereocenters. The van der Waals surface area contributed by atoms with Gasteiger partial charge in [0.15, 0.2) is 17.3 Å². The standard InChI is InChI=1S/C37H37ClF6N8O3/c1-34(2,3)18-36(22-5-8-24(27(39)13-22)21-15-47-50(16-21)23-6-7-23)31(54)51(33(45)49-36)28(17-55-29(53)14-35(10-11-35)37(42,43)44)20-4-9-26(38)25(12-20)30-46-19-48-52(30)32(40)41/h4-5,8-9,12-13,15-16,19,23,28,32H,6-7,10-11,14,17-18H2,1-3H3,(H2,45,49)/t28-,36-/m1/s1. The molecule has 2 aromatic carbocycles. The first kappa shape index (κ1) is 38.3. The number of nitrogens with zero attached hydrogens (tertiary/aromatic N) is 7. The van der Waals surface area contributed by atoms with Gasteiger partial charge in [-0.15, -0.1) is 0 Å². The third kappa shape index (κ3) is 7.30. The van der Waals surface area contributed by atoms with Crippen LogP contribution in [-0.2, 0) is 19.9 Å². The van der Waals surface area contributed by atoms with Gasteiger partial charge in [0.2, 0.25) is 0 Å². The van der Waals surface area contributed by atoms with E-state index in [-0.39, 0.29) is 64.4 Å². The van der Waals surface area contributed by atoms with Crippen LogP contribution in [0.2, 0.25) is 5.02 Å². The highest BCUT2D eigenvalue weighted by Gasteiger charge is 2.64. The molecule has 3 aliphatic rings. The van der Waals surface area contributed by atoms with Crippen LogP contribution in [0.25, 0.3) is 22.5 Å². The van der Waals surface area contributed by atoms with E-state index in [2.05, 4.69) is 20.2 Å². The van der Waals surface area contributed by atoms with Crippen LogP contribution < -0.4 is 5.73 Å². The minimum atomic E-state index is -4.63. The number of esters is 1. The molecule has 0 saturated heterocycles. The van der Waals surface area contributed by atoms with Crippen molar-refractivity contribution in [2.75, 3.05) is 6.61 Å². The van der Waals surface area contributed by atoms with E-state index in [0.717, 1.165) is 24.1 Å². The van der Waals surface area contributed by atoms with Crippen molar-refractivity contribution in [3.63, 3.8) is 0 Å². The zero-order valence-electron chi connectivity index (χ0n) is 30.0. The monoisotopic (exact) mass is 790 g/mol. The average Bonchev–Trinajstić information content (AvgIpc) is 3.97. The van der Waals surface area contributed by atoms with Crippen molar-refractivity contribution in [3.05, 3.63) is 77.1 Å². The van der Waals surface area contributed by atoms with Crippen LogP contribution in [0.1, 0.15) is 89.1 Å². The number of hydrogen-bond acceptors (Lipinski definition) is 8. The number of aromatic nitrogens is 5. The fraction of sp³-hybridized carbons (Fsp3) is 0.459. The predicted octanol–water partition coefficient (Wildman–Crippen LogP) is 8.14. The van der Waals surface area contributed by atoms with E-state index in [0.29, 0.717) is 10.2 Å². The lowest BCUT2D eigenvalue weighted by Crippen LogP contribution is -2.47. The first-order valence-electron chi connectivity index (χ1n) is 17.6. The highest BCUT2D eigenvalue weighted by molar-refractivity contribution is 6.33. The zero-order chi connectivity index (χ0) is 39.7. The molecular formula is C37H37ClF6N8O3. The molecule has 2 N–H and O–H groups in total. The molecule has 4 aromatic rings. The van der Waals surface area contributed by atoms with Crippen molar-refractivity contribution in [2.45, 2.75) is 89.6 Å². The van der Waals surface area contributed by atoms with Gasteiger partial charge in [0.05, 0.1) is 35.1 Å². The van der Waals surface area contributed by atoms with Gasteiger partial charge in [0.25, 0.3) is 5.91 Å². The third-order valence-corrected chi connectivity index (χ3v) is 10.5. The Balaban J connectivity index is 1.28. The van der Waals surface area contributed by atoms with Gasteiger partial charge in [0, 0.05) is 22.9 Å². The maximum absolute atomic E-state index is 16.0. The number of amides is 1. The maximum atomic E-state index is 16.0. The molecule has 0 radical (unpaired) electrons. The molecule has 7 rings (SSSR count). The van der Waals surface area contributed by atoms with Crippen LogP contribution in [0, 0.1) is 16.6 Å². The van der Waals surface area contributed by atoms with E-state index >= 15 is 4.39 Å². The number of halogens is 7. The molecule has 0 spiro atoms. The molecule has 2 fully saturated rings. The summed E-state index contributed by atoms with van der Waals surface area (Å²) in [5, 5.41) is 7.88. The summed E-state index contributed by atoms with van der Waals surface area (Å²) in [7, 11) is 0. The second kappa shape index (κ2) is 13.7. The number of alkyl halides is 5. The van der Waals surface area contributed by atoms with Crippen molar-refractivity contribution >= 4 is 29.4 Å². The van der Waals surface area contributed by atoms with Gasteiger partial charge < -0.3 is 10.5 Å². The Hall–Kier alpha value is -4.93. The number of benzene rings is 2. The van der Waals surface area contributed by atoms with Crippen molar-refractivity contribution in [3.8, 4) is 22.5 Å². The van der Waals surface area contributed by atoms with Gasteiger partial charge in [-0.25, -0.2) is 14.4 Å². The van der Waals surface area contributed by atoms with Crippen LogP contribution >= 0.6 is 11.6 Å². The summed E-state index contributed by atoms with van der Waals surface area (Å²) in [4.78, 5) is 37.6. The first-order valence-corrected chi connectivity index (χ1v) is 17.9. The smallest absolute Gasteiger partial charge is 0.395 e. The Morgan fingerprint density at radius 2 is 1.80 bits per heavy atom. The van der Waals surface area contributed by atoms with E-state index in [4.69, 9.17) is 22.1 Å². The van der Waals surface area contributed by atoms with Gasteiger partial charge in [0.1, 0.15) is 18.8 Å². The van der Waals surface area contributed by atoms with E-state index in [9.17, 15) is 31.5 Å². The summed E-state index contributed by atoms with van der Waals surface area (Å²) in [6.07, 6.45) is 0.173. The van der Waals surface area contributed by atoms with Crippen molar-refractivity contribution in [2.24, 2.45) is 21.6 Å². The van der Waals surface area contributed by atoms with Crippen molar-refractivity contribution in [1.29, 1.82) is 0 Å². The quantitative estimate of drug-likeness (QED) is 0.113. The average molecular weight is 791 g/mol. The molecule has 1 amide bonds. The molecule has 2 aliphatic carbocycles. The minimum absolute atomic E-state index is 0.0232. The highest BCUT2D eigenvalue weighted by atomic mass is 35.5. The molecule has 18 heteroatoms. The Bertz CT molecular complexity index is 2170. The Labute approximate surface area is 316 Å². The number of hydrogen-bond donors (Lipinski definition) is 1. The van der Waals surface area contributed by atoms with Crippen LogP contribution in [-0.4, -0.2) is 60.1 Å². The summed E-state index contributed by atoms with van der Waals surface area (Å²) in [5.41, 5.74) is 3.01. The topological polar surface area (TPSA) is 134 Å². The first-order chi connectivity index (χ1) is 25.8. The maximum Gasteiger partial charge on any atom is 0.395 e. The van der Waals surface area contributed by atoms with Crippen molar-refractivity contribution in [1.82, 2.24) is 29.4 Å². The van der Waals surface area contributed by atoms with Gasteiger partial charge in [-0.05, 0) is 66.8 Å². The summed E-state index contributed by atoms with van der Waals surface area (Å²) in [5.74, 6) is -3.23. The summed E-state index contributed by atoms with van der Waals surface area (Å²) < 4.78 is 92.5. The number of rotatable bonds is 12. The number of ether oxygens (including phenoxy) is 1. The van der Waals surface area contributed by atoms with Gasteiger partial charge in [-0.2, -0.15) is 36.8 Å². The lowest BCUT2D eigenvalue weighted by Gasteiger charge is -2.35. The van der Waals surface area contributed by atoms with E-state index < -0.39 is 65.9 Å². The summed E-state index contributed by atoms with van der Waals surface area (Å²) >= 11 is 6.44. The van der Waals surface area contributed by atoms with Crippen LogP contribution in [0.4, 0.5) is 26.3 Å². The second-order valence-corrected chi connectivity index (χ2v) is 16.0. The number of carbonyl (C=O) groups is 2. The summed E-state index contributed by atoms with van der Waals surface area (Å²) in [6.45, 7) is 1.75. The van der Waals surface area contributed by atoms with Gasteiger partial charge in [-0.3, -0.25) is 19.2 Å². The van der Waals surface area contributed by atoms with Crippen LogP contribution in [0.5, 0.6) is 0 Å². The molecular weight excluding hydrogens is 754 g/mol. The SMILES string of the molecule is CC(C)(C)C[C@]1(c2ccc(-c3cnn(C4CC4)c3)c(F)c2)N=C(N)N([C@H](COC(=O)CC2(C(F)(F)F)CC2)c2ccc(Cl)c(-c3ncnn3C(F)F)c2)C1=O. The Kier molecular flexibility index (Phi) is 9.53. The highest BCUT2D eigenvalue weighted by Crippen LogP contribution is 2.60. The summed E-state index contributed by atoms with van der Waals surface area (Å²) in [6, 6.07) is 7.32. The Morgan fingerprint density at radius 1 is 1.07 bits per heavy atom. The predicted molar refractivity (Wildman–Crippen MR) is 188 cm³/mol. The normalized spacial score (nSPS) is 20.2. The lowest BCUT2D eigenvalue weighted by atomic mass is 9.75. The molecule has 3 heterocycles. The molecule has 11 nitrogen and oxygen atoms in total. The van der Waals surface area contributed by atoms with Gasteiger partial charge >= 0.3 is 18.7 Å². The van der Waals surface area contributed by atoms with Gasteiger partial charge in [-0.1, -0.05) is 50.6 Å². The molecule has 292 valence electrons. The largest absolute Gasteiger partial charge is 0.463 e. The number of guanidine groups is 1. The molecule has 2 atom stereocenters. The lowest BCUT2D eigenvalue weighted by molar-refractivity contribution is -0.195. The zero-order valence-corrected chi connectivity index (χ0v) is 30.7. The van der Waals surface area contributed by atoms with E-state index in [1.165, 1.54) is 30.3 Å². The number of carbonyl (C=O) groups excluding carboxylic acids is 2. The van der Waals surface area contributed by atoms with Crippen LogP contribution in [0.3, 0.4) is 0 Å². The van der Waals surface area contributed by atoms with E-state index in [1.807, 2.05) is 20.8 Å². The molecule has 0 bridgehead atoms. The van der Waals surface area contributed by atoms with Crippen molar-refractivity contribution < 1.29 is 40.7 Å². The number of nitrogens with two attached hydrogens (primary N) is 1.